The third kappa shape index (κ3) is 5.45. The Morgan fingerprint density at radius 2 is 1.77 bits per heavy atom. The number of ether oxygens (including phenoxy) is 1. The average molecular weight is 353 g/mol. The van der Waals surface area contributed by atoms with Crippen molar-refractivity contribution in [2.24, 2.45) is 5.92 Å². The molecule has 0 aliphatic carbocycles. The van der Waals surface area contributed by atoms with Gasteiger partial charge in [0, 0.05) is 11.1 Å². The monoisotopic (exact) mass is 353 g/mol. The van der Waals surface area contributed by atoms with Crippen molar-refractivity contribution in [1.29, 1.82) is 0 Å². The molecule has 138 valence electrons. The van der Waals surface area contributed by atoms with Crippen LogP contribution in [0.2, 0.25) is 0 Å². The maximum Gasteiger partial charge on any atom is 0.225 e. The first-order valence-corrected chi connectivity index (χ1v) is 8.92. The molecule has 0 heterocycles. The molecule has 0 fully saturated rings. The molecule has 1 N–H and O–H groups in total. The van der Waals surface area contributed by atoms with Gasteiger partial charge in [0.1, 0.15) is 5.75 Å². The molecule has 0 aliphatic heterocycles. The Kier molecular flexibility index (Phi) is 6.96. The minimum Gasteiger partial charge on any atom is -0.496 e. The molecule has 0 saturated carbocycles. The largest absolute Gasteiger partial charge is 0.496 e. The molecule has 26 heavy (non-hydrogen) atoms. The number of benzene rings is 2. The number of amides is 1. The summed E-state index contributed by atoms with van der Waals surface area (Å²) in [6.07, 6.45) is 1.03. The van der Waals surface area contributed by atoms with Crippen molar-refractivity contribution in [3.8, 4) is 5.75 Å². The van der Waals surface area contributed by atoms with E-state index in [2.05, 4.69) is 19.2 Å². The molecule has 0 bridgehead atoms. The summed E-state index contributed by atoms with van der Waals surface area (Å²) in [7, 11) is 1.57. The molecule has 4 nitrogen and oxygen atoms in total. The number of carbonyl (C=O) groups excluding carboxylic acids is 2. The zero-order chi connectivity index (χ0) is 19.1. The van der Waals surface area contributed by atoms with Gasteiger partial charge in [-0.05, 0) is 43.0 Å². The van der Waals surface area contributed by atoms with Gasteiger partial charge in [0.15, 0.2) is 5.78 Å². The van der Waals surface area contributed by atoms with Crippen LogP contribution in [0.25, 0.3) is 0 Å². The van der Waals surface area contributed by atoms with Gasteiger partial charge in [-0.2, -0.15) is 0 Å². The van der Waals surface area contributed by atoms with E-state index in [1.54, 1.807) is 25.3 Å². The number of Topliss-reactive ketones (excluding diaryl/α,β-unsaturated/α-hetero) is 1. The van der Waals surface area contributed by atoms with E-state index in [4.69, 9.17) is 4.74 Å². The van der Waals surface area contributed by atoms with Crippen molar-refractivity contribution >= 4 is 11.7 Å². The second-order valence-corrected chi connectivity index (χ2v) is 6.92. The van der Waals surface area contributed by atoms with Gasteiger partial charge < -0.3 is 10.1 Å². The SMILES string of the molecule is COc1ccc(C(C)=O)cc1CC(=O)NC(CC(C)C)c1ccccc1. The molecule has 1 unspecified atom stereocenters. The summed E-state index contributed by atoms with van der Waals surface area (Å²) in [6, 6.07) is 15.1. The molecule has 0 aromatic heterocycles. The Hall–Kier alpha value is -2.62. The van der Waals surface area contributed by atoms with Crippen LogP contribution in [-0.2, 0) is 11.2 Å². The van der Waals surface area contributed by atoms with Gasteiger partial charge >= 0.3 is 0 Å². The number of methoxy groups -OCH3 is 1. The molecule has 0 saturated heterocycles. The lowest BCUT2D eigenvalue weighted by atomic mass is 9.96. The number of hydrogen-bond acceptors (Lipinski definition) is 3. The molecule has 2 aromatic carbocycles. The normalized spacial score (nSPS) is 11.9. The third-order valence-corrected chi connectivity index (χ3v) is 4.28. The van der Waals surface area contributed by atoms with Crippen molar-refractivity contribution in [3.63, 3.8) is 0 Å². The molecular formula is C22H27NO3. The van der Waals surface area contributed by atoms with E-state index in [0.29, 0.717) is 22.8 Å². The summed E-state index contributed by atoms with van der Waals surface area (Å²) in [5, 5.41) is 3.13. The van der Waals surface area contributed by atoms with Crippen molar-refractivity contribution in [2.75, 3.05) is 7.11 Å². The Morgan fingerprint density at radius 3 is 2.35 bits per heavy atom. The number of nitrogens with one attached hydrogen (secondary N) is 1. The van der Waals surface area contributed by atoms with Crippen LogP contribution in [0.3, 0.4) is 0 Å². The Bertz CT molecular complexity index is 753. The van der Waals surface area contributed by atoms with E-state index in [0.717, 1.165) is 12.0 Å². The summed E-state index contributed by atoms with van der Waals surface area (Å²) in [5.74, 6) is 0.955. The van der Waals surface area contributed by atoms with Crippen LogP contribution >= 0.6 is 0 Å². The quantitative estimate of drug-likeness (QED) is 0.718. The van der Waals surface area contributed by atoms with E-state index < -0.39 is 0 Å². The van der Waals surface area contributed by atoms with Crippen LogP contribution < -0.4 is 10.1 Å². The van der Waals surface area contributed by atoms with Gasteiger partial charge in [-0.15, -0.1) is 0 Å². The number of ketones is 1. The van der Waals surface area contributed by atoms with Crippen molar-refractivity contribution < 1.29 is 14.3 Å². The summed E-state index contributed by atoms with van der Waals surface area (Å²) in [6.45, 7) is 5.79. The zero-order valence-electron chi connectivity index (χ0n) is 15.9. The average Bonchev–Trinajstić information content (AvgIpc) is 2.61. The summed E-state index contributed by atoms with van der Waals surface area (Å²) in [5.41, 5.74) is 2.39. The van der Waals surface area contributed by atoms with Crippen LogP contribution in [0.15, 0.2) is 48.5 Å². The minimum atomic E-state index is -0.0847. The van der Waals surface area contributed by atoms with E-state index >= 15 is 0 Å². The van der Waals surface area contributed by atoms with Crippen LogP contribution in [-0.4, -0.2) is 18.8 Å². The number of hydrogen-bond donors (Lipinski definition) is 1. The van der Waals surface area contributed by atoms with Gasteiger partial charge in [-0.3, -0.25) is 9.59 Å². The van der Waals surface area contributed by atoms with Gasteiger partial charge in [0.2, 0.25) is 5.91 Å². The second kappa shape index (κ2) is 9.18. The lowest BCUT2D eigenvalue weighted by Gasteiger charge is -2.21. The zero-order valence-corrected chi connectivity index (χ0v) is 15.9. The maximum atomic E-state index is 12.7. The fraction of sp³-hybridized carbons (Fsp3) is 0.364. The lowest BCUT2D eigenvalue weighted by Crippen LogP contribution is -2.31. The van der Waals surface area contributed by atoms with Crippen molar-refractivity contribution in [1.82, 2.24) is 5.32 Å². The Labute approximate surface area is 155 Å². The van der Waals surface area contributed by atoms with Crippen LogP contribution in [0.1, 0.15) is 54.7 Å². The van der Waals surface area contributed by atoms with Gasteiger partial charge in [0.25, 0.3) is 0 Å². The molecule has 0 spiro atoms. The Balaban J connectivity index is 2.17. The van der Waals surface area contributed by atoms with Crippen LogP contribution in [0, 0.1) is 5.92 Å². The second-order valence-electron chi connectivity index (χ2n) is 6.92. The third-order valence-electron chi connectivity index (χ3n) is 4.28. The molecule has 0 radical (unpaired) electrons. The maximum absolute atomic E-state index is 12.7. The predicted octanol–water partition coefficient (Wildman–Crippen LogP) is 4.34. The highest BCUT2D eigenvalue weighted by Crippen LogP contribution is 2.23. The molecular weight excluding hydrogens is 326 g/mol. The fourth-order valence-electron chi connectivity index (χ4n) is 2.99. The van der Waals surface area contributed by atoms with Gasteiger partial charge in [-0.1, -0.05) is 44.2 Å². The summed E-state index contributed by atoms with van der Waals surface area (Å²) in [4.78, 5) is 24.3. The van der Waals surface area contributed by atoms with Crippen LogP contribution in [0.4, 0.5) is 0 Å². The van der Waals surface area contributed by atoms with Crippen LogP contribution in [0.5, 0.6) is 5.75 Å². The summed E-state index contributed by atoms with van der Waals surface area (Å²) < 4.78 is 5.34. The minimum absolute atomic E-state index is 0.0312. The molecule has 0 aliphatic rings. The topological polar surface area (TPSA) is 55.4 Å². The van der Waals surface area contributed by atoms with E-state index in [1.807, 2.05) is 30.3 Å². The summed E-state index contributed by atoms with van der Waals surface area (Å²) >= 11 is 0. The highest BCUT2D eigenvalue weighted by atomic mass is 16.5. The molecule has 2 aromatic rings. The molecule has 1 atom stereocenters. The first-order chi connectivity index (χ1) is 12.4. The predicted molar refractivity (Wildman–Crippen MR) is 103 cm³/mol. The first-order valence-electron chi connectivity index (χ1n) is 8.92. The molecule has 2 rings (SSSR count). The smallest absolute Gasteiger partial charge is 0.225 e. The number of carbonyl (C=O) groups is 2. The van der Waals surface area contributed by atoms with Crippen molar-refractivity contribution in [2.45, 2.75) is 39.7 Å². The van der Waals surface area contributed by atoms with Gasteiger partial charge in [0.05, 0.1) is 19.6 Å². The fourth-order valence-corrected chi connectivity index (χ4v) is 2.99. The van der Waals surface area contributed by atoms with Gasteiger partial charge in [-0.25, -0.2) is 0 Å². The first kappa shape index (κ1) is 19.7. The highest BCUT2D eigenvalue weighted by molar-refractivity contribution is 5.94. The molecule has 1 amide bonds. The lowest BCUT2D eigenvalue weighted by molar-refractivity contribution is -0.121. The van der Waals surface area contributed by atoms with E-state index in [1.165, 1.54) is 6.92 Å². The standard InChI is InChI=1S/C22H27NO3/c1-15(2)12-20(17-8-6-5-7-9-17)23-22(25)14-19-13-18(16(3)24)10-11-21(19)26-4/h5-11,13,15,20H,12,14H2,1-4H3,(H,23,25). The van der Waals surface area contributed by atoms with E-state index in [-0.39, 0.29) is 24.2 Å². The Morgan fingerprint density at radius 1 is 1.08 bits per heavy atom. The van der Waals surface area contributed by atoms with Crippen molar-refractivity contribution in [3.05, 3.63) is 65.2 Å². The molecule has 4 heteroatoms. The number of rotatable bonds is 8. The highest BCUT2D eigenvalue weighted by Gasteiger charge is 2.18. The van der Waals surface area contributed by atoms with E-state index in [9.17, 15) is 9.59 Å².